The fourth-order valence-corrected chi connectivity index (χ4v) is 5.06. The van der Waals surface area contributed by atoms with Gasteiger partial charge >= 0.3 is 26.2 Å². The van der Waals surface area contributed by atoms with E-state index in [9.17, 15) is 47.0 Å². The van der Waals surface area contributed by atoms with Crippen molar-refractivity contribution in [2.45, 2.75) is 35.2 Å². The van der Waals surface area contributed by atoms with Gasteiger partial charge in [-0.3, -0.25) is 28.6 Å². The lowest BCUT2D eigenvalue weighted by molar-refractivity contribution is -0.388. The largest absolute Gasteiger partial charge is 0.479 e. The molecule has 0 radical (unpaired) electrons. The average Bonchev–Trinajstić information content (AvgIpc) is 2.77. The normalized spacial score (nSPS) is 12.7. The number of nitro benzene ring substituents is 2. The predicted molar refractivity (Wildman–Crippen MR) is 113 cm³/mol. The van der Waals surface area contributed by atoms with Crippen LogP contribution in [0.15, 0.2) is 58.3 Å². The molecule has 34 heavy (non-hydrogen) atoms. The van der Waals surface area contributed by atoms with Gasteiger partial charge in [0.2, 0.25) is 0 Å². The van der Waals surface area contributed by atoms with Crippen LogP contribution < -0.4 is 0 Å². The second-order valence-corrected chi connectivity index (χ2v) is 9.72. The molecule has 0 amide bonds. The SMILES string of the molecule is O=C(O)C(CCCCOS(=O)(=O)c1ccccc1[N+](=O)[O-])OS(=O)(=O)c1ccccc1[N+](=O)[O-]. The van der Waals surface area contributed by atoms with Crippen molar-refractivity contribution in [3.8, 4) is 0 Å². The summed E-state index contributed by atoms with van der Waals surface area (Å²) < 4.78 is 58.6. The van der Waals surface area contributed by atoms with Crippen LogP contribution in [0.3, 0.4) is 0 Å². The minimum absolute atomic E-state index is 0.0709. The highest BCUT2D eigenvalue weighted by atomic mass is 32.2. The van der Waals surface area contributed by atoms with Crippen molar-refractivity contribution in [1.82, 2.24) is 0 Å². The first-order valence-electron chi connectivity index (χ1n) is 9.39. The molecule has 0 fully saturated rings. The molecule has 0 aliphatic heterocycles. The number of hydrogen-bond donors (Lipinski definition) is 1. The van der Waals surface area contributed by atoms with Crippen LogP contribution in [0.25, 0.3) is 0 Å². The van der Waals surface area contributed by atoms with Gasteiger partial charge in [-0.1, -0.05) is 24.3 Å². The first-order chi connectivity index (χ1) is 15.9. The molecule has 0 aliphatic rings. The number of nitrogens with zero attached hydrogens (tertiary/aromatic N) is 2. The number of hydrogen-bond acceptors (Lipinski definition) is 11. The van der Waals surface area contributed by atoms with Gasteiger partial charge in [-0.05, 0) is 31.4 Å². The van der Waals surface area contributed by atoms with E-state index in [4.69, 9.17) is 4.18 Å². The maximum Gasteiger partial charge on any atom is 0.334 e. The van der Waals surface area contributed by atoms with Gasteiger partial charge in [-0.15, -0.1) is 0 Å². The highest BCUT2D eigenvalue weighted by molar-refractivity contribution is 7.87. The maximum atomic E-state index is 12.4. The van der Waals surface area contributed by atoms with Crippen molar-refractivity contribution in [1.29, 1.82) is 0 Å². The number of carbonyl (C=O) groups is 1. The van der Waals surface area contributed by atoms with Gasteiger partial charge in [0.25, 0.3) is 11.4 Å². The zero-order valence-electron chi connectivity index (χ0n) is 17.2. The van der Waals surface area contributed by atoms with Gasteiger partial charge < -0.3 is 5.11 Å². The van der Waals surface area contributed by atoms with Crippen molar-refractivity contribution in [3.05, 3.63) is 68.8 Å². The number of carboxylic acid groups (broad SMARTS) is 1. The maximum absolute atomic E-state index is 12.4. The van der Waals surface area contributed by atoms with Crippen LogP contribution >= 0.6 is 0 Å². The van der Waals surface area contributed by atoms with Crippen LogP contribution in [0.5, 0.6) is 0 Å². The van der Waals surface area contributed by atoms with Crippen LogP contribution in [0.1, 0.15) is 19.3 Å². The lowest BCUT2D eigenvalue weighted by Gasteiger charge is -2.13. The summed E-state index contributed by atoms with van der Waals surface area (Å²) in [6, 6.07) is 8.78. The lowest BCUT2D eigenvalue weighted by atomic mass is 10.1. The molecule has 1 atom stereocenters. The number of unbranched alkanes of at least 4 members (excludes halogenated alkanes) is 1. The molecule has 0 bridgehead atoms. The summed E-state index contributed by atoms with van der Waals surface area (Å²) in [7, 11) is -9.29. The molecular weight excluding hydrogens is 500 g/mol. The number of carboxylic acids is 1. The molecular formula is C18H18N2O12S2. The summed E-state index contributed by atoms with van der Waals surface area (Å²) in [5.74, 6) is -1.66. The third-order valence-corrected chi connectivity index (χ3v) is 7.01. The topological polar surface area (TPSA) is 210 Å². The van der Waals surface area contributed by atoms with Crippen LogP contribution in [-0.2, 0) is 33.4 Å². The molecule has 1 unspecified atom stereocenters. The summed E-state index contributed by atoms with van der Waals surface area (Å²) in [5.41, 5.74) is -1.47. The van der Waals surface area contributed by atoms with Crippen LogP contribution in [0, 0.1) is 20.2 Å². The van der Waals surface area contributed by atoms with Gasteiger partial charge in [0.05, 0.1) is 16.5 Å². The molecule has 184 valence electrons. The van der Waals surface area contributed by atoms with E-state index in [1.165, 1.54) is 24.3 Å². The Morgan fingerprint density at radius 2 is 1.32 bits per heavy atom. The Morgan fingerprint density at radius 3 is 1.79 bits per heavy atom. The number of nitro groups is 2. The highest BCUT2D eigenvalue weighted by Gasteiger charge is 2.32. The molecule has 0 spiro atoms. The minimum atomic E-state index is -4.81. The number of para-hydroxylation sites is 2. The number of aliphatic carboxylic acids is 1. The Kier molecular flexibility index (Phi) is 8.74. The summed E-state index contributed by atoms with van der Waals surface area (Å²) in [5, 5.41) is 31.3. The van der Waals surface area contributed by atoms with E-state index in [2.05, 4.69) is 4.18 Å². The van der Waals surface area contributed by atoms with Crippen molar-refractivity contribution >= 4 is 37.6 Å². The summed E-state index contributed by atoms with van der Waals surface area (Å²) in [4.78, 5) is 30.1. The van der Waals surface area contributed by atoms with E-state index >= 15 is 0 Å². The van der Waals surface area contributed by atoms with E-state index in [0.29, 0.717) is 0 Å². The fraction of sp³-hybridized carbons (Fsp3) is 0.278. The highest BCUT2D eigenvalue weighted by Crippen LogP contribution is 2.27. The monoisotopic (exact) mass is 518 g/mol. The van der Waals surface area contributed by atoms with E-state index in [1.54, 1.807) is 0 Å². The second kappa shape index (κ2) is 11.1. The van der Waals surface area contributed by atoms with E-state index < -0.39 is 76.3 Å². The van der Waals surface area contributed by atoms with Gasteiger partial charge in [0.1, 0.15) is 0 Å². The van der Waals surface area contributed by atoms with Gasteiger partial charge in [-0.25, -0.2) is 4.79 Å². The third-order valence-electron chi connectivity index (χ3n) is 4.28. The molecule has 1 N–H and O–H groups in total. The zero-order valence-corrected chi connectivity index (χ0v) is 18.8. The third kappa shape index (κ3) is 6.77. The molecule has 16 heteroatoms. The van der Waals surface area contributed by atoms with Crippen LogP contribution in [0.4, 0.5) is 11.4 Å². The predicted octanol–water partition coefficient (Wildman–Crippen LogP) is 2.24. The van der Waals surface area contributed by atoms with E-state index in [-0.39, 0.29) is 12.8 Å². The summed E-state index contributed by atoms with van der Waals surface area (Å²) >= 11 is 0. The standard InChI is InChI=1S/C18H18N2O12S2/c21-18(22)15(32-34(29,30)17-11-4-2-8-14(17)20(25)26)9-5-6-12-31-33(27,28)16-10-3-1-7-13(16)19(23)24/h1-4,7-8,10-11,15H,5-6,9,12H2,(H,21,22). The van der Waals surface area contributed by atoms with Crippen molar-refractivity contribution in [3.63, 3.8) is 0 Å². The van der Waals surface area contributed by atoms with E-state index in [0.717, 1.165) is 24.3 Å². The van der Waals surface area contributed by atoms with Crippen LogP contribution in [-0.4, -0.2) is 50.5 Å². The Hall–Kier alpha value is -3.47. The van der Waals surface area contributed by atoms with Crippen LogP contribution in [0.2, 0.25) is 0 Å². The summed E-state index contributed by atoms with van der Waals surface area (Å²) in [6.45, 7) is -0.475. The molecule has 2 rings (SSSR count). The smallest absolute Gasteiger partial charge is 0.334 e. The number of rotatable bonds is 13. The Morgan fingerprint density at radius 1 is 0.853 bits per heavy atom. The Labute approximate surface area is 193 Å². The van der Waals surface area contributed by atoms with Crippen molar-refractivity contribution < 1.29 is 44.9 Å². The number of benzene rings is 2. The Balaban J connectivity index is 2.00. The van der Waals surface area contributed by atoms with Gasteiger partial charge in [0, 0.05) is 12.1 Å². The zero-order chi connectivity index (χ0) is 25.5. The summed E-state index contributed by atoms with van der Waals surface area (Å²) in [6.07, 6.45) is -2.45. The molecule has 0 saturated heterocycles. The fourth-order valence-electron chi connectivity index (χ4n) is 2.72. The quantitative estimate of drug-likeness (QED) is 0.175. The molecule has 0 aliphatic carbocycles. The molecule has 0 aromatic heterocycles. The molecule has 2 aromatic carbocycles. The first kappa shape index (κ1) is 26.8. The van der Waals surface area contributed by atoms with Gasteiger partial charge in [-0.2, -0.15) is 16.8 Å². The molecule has 0 heterocycles. The van der Waals surface area contributed by atoms with Crippen molar-refractivity contribution in [2.24, 2.45) is 0 Å². The van der Waals surface area contributed by atoms with E-state index in [1.807, 2.05) is 0 Å². The minimum Gasteiger partial charge on any atom is -0.479 e. The average molecular weight is 518 g/mol. The lowest BCUT2D eigenvalue weighted by Crippen LogP contribution is -2.27. The molecule has 0 saturated carbocycles. The molecule has 2 aromatic rings. The van der Waals surface area contributed by atoms with Crippen molar-refractivity contribution in [2.75, 3.05) is 6.61 Å². The van der Waals surface area contributed by atoms with Gasteiger partial charge in [0.15, 0.2) is 15.9 Å². The first-order valence-corrected chi connectivity index (χ1v) is 12.2. The Bertz CT molecular complexity index is 1290. The second-order valence-electron chi connectivity index (χ2n) is 6.60. The molecule has 14 nitrogen and oxygen atoms in total.